The summed E-state index contributed by atoms with van der Waals surface area (Å²) in [5.74, 6) is -1.71. The van der Waals surface area contributed by atoms with Crippen LogP contribution in [0.3, 0.4) is 0 Å². The minimum absolute atomic E-state index is 0.0451. The molecule has 3 aliphatic rings. The summed E-state index contributed by atoms with van der Waals surface area (Å²) in [5.41, 5.74) is 3.04. The Morgan fingerprint density at radius 3 is 2.34 bits per heavy atom. The predicted octanol–water partition coefficient (Wildman–Crippen LogP) is 2.38. The smallest absolute Gasteiger partial charge is 0.408 e. The fourth-order valence-corrected chi connectivity index (χ4v) is 5.42. The van der Waals surface area contributed by atoms with Crippen molar-refractivity contribution in [2.75, 3.05) is 33.5 Å². The monoisotopic (exact) mass is 480 g/mol. The van der Waals surface area contributed by atoms with Crippen molar-refractivity contribution in [1.82, 2.24) is 10.2 Å². The molecule has 1 aliphatic carbocycles. The van der Waals surface area contributed by atoms with Crippen molar-refractivity contribution in [3.63, 3.8) is 0 Å². The molecule has 2 fully saturated rings. The number of carboxylic acids is 1. The lowest BCUT2D eigenvalue weighted by molar-refractivity contribution is -0.151. The highest BCUT2D eigenvalue weighted by Crippen LogP contribution is 2.44. The fourth-order valence-electron chi connectivity index (χ4n) is 5.42. The van der Waals surface area contributed by atoms with Crippen LogP contribution in [-0.2, 0) is 23.8 Å². The molecule has 0 aromatic heterocycles. The second kappa shape index (κ2) is 9.31. The van der Waals surface area contributed by atoms with Crippen molar-refractivity contribution >= 4 is 18.0 Å². The van der Waals surface area contributed by atoms with Crippen LogP contribution in [0.4, 0.5) is 4.79 Å². The average molecular weight is 481 g/mol. The molecule has 184 valence electrons. The number of benzene rings is 2. The van der Waals surface area contributed by atoms with Crippen molar-refractivity contribution in [3.05, 3.63) is 59.7 Å². The third-order valence-corrected chi connectivity index (χ3v) is 7.26. The number of carboxylic acid groups (broad SMARTS) is 1. The van der Waals surface area contributed by atoms with Gasteiger partial charge in [-0.1, -0.05) is 48.5 Å². The molecule has 2 saturated heterocycles. The molecular weight excluding hydrogens is 452 g/mol. The van der Waals surface area contributed by atoms with E-state index in [4.69, 9.17) is 14.2 Å². The third-order valence-electron chi connectivity index (χ3n) is 7.26. The Bertz CT molecular complexity index is 1100. The first-order valence-corrected chi connectivity index (χ1v) is 11.7. The highest BCUT2D eigenvalue weighted by molar-refractivity contribution is 5.93. The van der Waals surface area contributed by atoms with Gasteiger partial charge in [-0.15, -0.1) is 0 Å². The van der Waals surface area contributed by atoms with E-state index in [2.05, 4.69) is 17.4 Å². The number of carbonyl (C=O) groups is 3. The van der Waals surface area contributed by atoms with Crippen molar-refractivity contribution in [2.24, 2.45) is 0 Å². The molecule has 5 rings (SSSR count). The number of nitrogens with one attached hydrogen (secondary N) is 1. The lowest BCUT2D eigenvalue weighted by Gasteiger charge is -2.33. The number of alkyl carbamates (subject to hydrolysis) is 1. The molecule has 9 nitrogen and oxygen atoms in total. The van der Waals surface area contributed by atoms with Gasteiger partial charge in [0.2, 0.25) is 0 Å². The molecule has 2 aliphatic heterocycles. The van der Waals surface area contributed by atoms with Crippen LogP contribution in [0.5, 0.6) is 0 Å². The van der Waals surface area contributed by atoms with Gasteiger partial charge in [-0.05, 0) is 22.3 Å². The maximum Gasteiger partial charge on any atom is 0.408 e. The van der Waals surface area contributed by atoms with Gasteiger partial charge in [0.25, 0.3) is 5.91 Å². The van der Waals surface area contributed by atoms with E-state index in [1.54, 1.807) is 0 Å². The summed E-state index contributed by atoms with van der Waals surface area (Å²) in [6, 6.07) is 15.0. The molecule has 3 unspecified atom stereocenters. The van der Waals surface area contributed by atoms with Gasteiger partial charge in [0, 0.05) is 39.0 Å². The number of likely N-dealkylation sites (tertiary alicyclic amines) is 1. The first kappa shape index (κ1) is 23.3. The van der Waals surface area contributed by atoms with E-state index >= 15 is 0 Å². The normalized spacial score (nSPS) is 25.2. The molecule has 0 spiro atoms. The number of hydrogen-bond donors (Lipinski definition) is 2. The number of rotatable bonds is 6. The van der Waals surface area contributed by atoms with Crippen LogP contribution in [0.25, 0.3) is 11.1 Å². The van der Waals surface area contributed by atoms with Crippen molar-refractivity contribution in [3.8, 4) is 11.1 Å². The van der Waals surface area contributed by atoms with Crippen LogP contribution < -0.4 is 5.32 Å². The number of fused-ring (bicyclic) bond motifs is 3. The quantitative estimate of drug-likeness (QED) is 0.653. The molecule has 2 amide bonds. The van der Waals surface area contributed by atoms with Crippen LogP contribution in [0.1, 0.15) is 29.9 Å². The van der Waals surface area contributed by atoms with Crippen LogP contribution in [0, 0.1) is 0 Å². The second-order valence-electron chi connectivity index (χ2n) is 9.24. The highest BCUT2D eigenvalue weighted by atomic mass is 16.6. The van der Waals surface area contributed by atoms with Crippen molar-refractivity contribution in [2.45, 2.75) is 36.4 Å². The zero-order valence-corrected chi connectivity index (χ0v) is 19.4. The van der Waals surface area contributed by atoms with E-state index < -0.39 is 29.6 Å². The Balaban J connectivity index is 1.30. The lowest BCUT2D eigenvalue weighted by Crippen LogP contribution is -2.62. The Labute approximate surface area is 203 Å². The molecule has 2 heterocycles. The maximum atomic E-state index is 13.5. The van der Waals surface area contributed by atoms with Gasteiger partial charge in [-0.25, -0.2) is 9.59 Å². The first-order valence-electron chi connectivity index (χ1n) is 11.7. The zero-order valence-electron chi connectivity index (χ0n) is 19.4. The largest absolute Gasteiger partial charge is 0.480 e. The minimum Gasteiger partial charge on any atom is -0.480 e. The number of carbonyl (C=O) groups excluding carboxylic acids is 2. The average Bonchev–Trinajstić information content (AvgIpc) is 3.59. The van der Waals surface area contributed by atoms with E-state index in [-0.39, 0.29) is 51.2 Å². The number of methoxy groups -OCH3 is 1. The van der Waals surface area contributed by atoms with E-state index in [1.807, 2.05) is 36.4 Å². The predicted molar refractivity (Wildman–Crippen MR) is 125 cm³/mol. The Kier molecular flexibility index (Phi) is 6.21. The molecule has 35 heavy (non-hydrogen) atoms. The van der Waals surface area contributed by atoms with Gasteiger partial charge in [0.15, 0.2) is 0 Å². The van der Waals surface area contributed by atoms with Gasteiger partial charge in [-0.2, -0.15) is 0 Å². The summed E-state index contributed by atoms with van der Waals surface area (Å²) < 4.78 is 16.4. The zero-order chi connectivity index (χ0) is 24.6. The number of hydrogen-bond acceptors (Lipinski definition) is 6. The molecule has 2 aromatic rings. The van der Waals surface area contributed by atoms with Gasteiger partial charge >= 0.3 is 12.1 Å². The summed E-state index contributed by atoms with van der Waals surface area (Å²) >= 11 is 0. The molecule has 2 N–H and O–H groups in total. The molecular formula is C26H28N2O7. The van der Waals surface area contributed by atoms with E-state index in [9.17, 15) is 19.5 Å². The van der Waals surface area contributed by atoms with Crippen LogP contribution in [-0.4, -0.2) is 79.1 Å². The van der Waals surface area contributed by atoms with Crippen molar-refractivity contribution < 1.29 is 33.7 Å². The van der Waals surface area contributed by atoms with Gasteiger partial charge in [-0.3, -0.25) is 4.79 Å². The van der Waals surface area contributed by atoms with E-state index in [0.717, 1.165) is 22.3 Å². The van der Waals surface area contributed by atoms with Gasteiger partial charge < -0.3 is 29.5 Å². The Morgan fingerprint density at radius 2 is 1.77 bits per heavy atom. The van der Waals surface area contributed by atoms with Crippen LogP contribution in [0.15, 0.2) is 48.5 Å². The Morgan fingerprint density at radius 1 is 1.11 bits per heavy atom. The standard InChI is InChI=1S/C26H28N2O7/c1-33-16-12-22(23(29)30)28(13-16)24(31)26(10-11-34-15-26)27-25(32)35-14-21-19-8-4-2-6-17(19)18-7-3-5-9-20(18)21/h2-9,16,21-22H,10-15H2,1H3,(H,27,32)(H,29,30). The summed E-state index contributed by atoms with van der Waals surface area (Å²) in [7, 11) is 1.49. The highest BCUT2D eigenvalue weighted by Gasteiger charge is 2.51. The van der Waals surface area contributed by atoms with E-state index in [1.165, 1.54) is 12.0 Å². The number of amides is 2. The Hall–Kier alpha value is -3.43. The maximum absolute atomic E-state index is 13.5. The summed E-state index contributed by atoms with van der Waals surface area (Å²) in [4.78, 5) is 39.5. The van der Waals surface area contributed by atoms with Crippen LogP contribution in [0.2, 0.25) is 0 Å². The summed E-state index contributed by atoms with van der Waals surface area (Å²) in [6.07, 6.45) is -0.690. The van der Waals surface area contributed by atoms with Crippen molar-refractivity contribution in [1.29, 1.82) is 0 Å². The van der Waals surface area contributed by atoms with Gasteiger partial charge in [0.1, 0.15) is 18.2 Å². The summed E-state index contributed by atoms with van der Waals surface area (Å²) in [6.45, 7) is 0.476. The molecule has 2 aromatic carbocycles. The topological polar surface area (TPSA) is 114 Å². The number of nitrogens with zero attached hydrogens (tertiary/aromatic N) is 1. The van der Waals surface area contributed by atoms with Crippen LogP contribution >= 0.6 is 0 Å². The molecule has 9 heteroatoms. The van der Waals surface area contributed by atoms with E-state index in [0.29, 0.717) is 0 Å². The summed E-state index contributed by atoms with van der Waals surface area (Å²) in [5, 5.41) is 12.3. The second-order valence-corrected chi connectivity index (χ2v) is 9.24. The van der Waals surface area contributed by atoms with Gasteiger partial charge in [0.05, 0.1) is 12.7 Å². The molecule has 0 bridgehead atoms. The SMILES string of the molecule is COC1CC(C(=O)O)N(C(=O)C2(NC(=O)OCC3c4ccccc4-c4ccccc43)CCOC2)C1. The number of ether oxygens (including phenoxy) is 3. The first-order chi connectivity index (χ1) is 16.9. The molecule has 0 radical (unpaired) electrons. The third kappa shape index (κ3) is 4.15. The lowest BCUT2D eigenvalue weighted by atomic mass is 9.96. The molecule has 0 saturated carbocycles. The fraction of sp³-hybridized carbons (Fsp3) is 0.423. The molecule has 3 atom stereocenters. The number of aliphatic carboxylic acids is 1. The minimum atomic E-state index is -1.38.